The summed E-state index contributed by atoms with van der Waals surface area (Å²) in [4.78, 5) is 2.44. The fourth-order valence-corrected chi connectivity index (χ4v) is 2.72. The van der Waals surface area contributed by atoms with E-state index < -0.39 is 0 Å². The molecule has 18 heavy (non-hydrogen) atoms. The third kappa shape index (κ3) is 2.78. The lowest BCUT2D eigenvalue weighted by molar-refractivity contribution is 0.0256. The van der Waals surface area contributed by atoms with E-state index in [-0.39, 0.29) is 0 Å². The minimum Gasteiger partial charge on any atom is -0.490 e. The quantitative estimate of drug-likeness (QED) is 0.820. The van der Waals surface area contributed by atoms with E-state index in [4.69, 9.17) is 9.47 Å². The van der Waals surface area contributed by atoms with Gasteiger partial charge >= 0.3 is 0 Å². The zero-order chi connectivity index (χ0) is 12.2. The molecule has 0 aliphatic carbocycles. The number of ether oxygens (including phenoxy) is 2. The van der Waals surface area contributed by atoms with E-state index in [1.165, 1.54) is 31.6 Å². The number of anilines is 1. The van der Waals surface area contributed by atoms with E-state index in [2.05, 4.69) is 29.2 Å². The lowest BCUT2D eigenvalue weighted by Gasteiger charge is -2.24. The van der Waals surface area contributed by atoms with Gasteiger partial charge in [0.2, 0.25) is 0 Å². The van der Waals surface area contributed by atoms with Crippen molar-refractivity contribution in [2.24, 2.45) is 0 Å². The summed E-state index contributed by atoms with van der Waals surface area (Å²) in [6.45, 7) is 4.02. The van der Waals surface area contributed by atoms with Crippen molar-refractivity contribution in [3.63, 3.8) is 0 Å². The molecule has 0 atom stereocenters. The first-order chi connectivity index (χ1) is 8.92. The van der Waals surface area contributed by atoms with Crippen molar-refractivity contribution in [1.29, 1.82) is 0 Å². The van der Waals surface area contributed by atoms with Gasteiger partial charge in [0.1, 0.15) is 11.9 Å². The van der Waals surface area contributed by atoms with Crippen molar-refractivity contribution in [2.75, 3.05) is 31.2 Å². The summed E-state index contributed by atoms with van der Waals surface area (Å²) in [5, 5.41) is 0. The van der Waals surface area contributed by atoms with Gasteiger partial charge in [-0.2, -0.15) is 0 Å². The third-order valence-electron chi connectivity index (χ3n) is 3.76. The highest BCUT2D eigenvalue weighted by atomic mass is 16.5. The number of hydrogen-bond donors (Lipinski definition) is 0. The third-order valence-corrected chi connectivity index (χ3v) is 3.76. The fourth-order valence-electron chi connectivity index (χ4n) is 2.72. The van der Waals surface area contributed by atoms with Crippen LogP contribution < -0.4 is 9.64 Å². The van der Waals surface area contributed by atoms with Crippen LogP contribution in [0.25, 0.3) is 0 Å². The van der Waals surface area contributed by atoms with Crippen molar-refractivity contribution in [2.45, 2.75) is 31.8 Å². The van der Waals surface area contributed by atoms with E-state index in [0.717, 1.165) is 31.8 Å². The van der Waals surface area contributed by atoms with E-state index >= 15 is 0 Å². The molecule has 1 aromatic carbocycles. The summed E-state index contributed by atoms with van der Waals surface area (Å²) < 4.78 is 11.4. The molecular formula is C15H21NO2. The average Bonchev–Trinajstić information content (AvgIpc) is 2.94. The van der Waals surface area contributed by atoms with Gasteiger partial charge in [-0.15, -0.1) is 0 Å². The van der Waals surface area contributed by atoms with E-state index in [9.17, 15) is 0 Å². The molecule has 2 heterocycles. The van der Waals surface area contributed by atoms with Gasteiger partial charge in [0, 0.05) is 37.7 Å². The predicted molar refractivity (Wildman–Crippen MR) is 72.4 cm³/mol. The monoisotopic (exact) mass is 247 g/mol. The SMILES string of the molecule is c1cc(OC2CCOCC2)cc(N2CCCC2)c1. The largest absolute Gasteiger partial charge is 0.490 e. The van der Waals surface area contributed by atoms with Gasteiger partial charge in [0.05, 0.1) is 13.2 Å². The number of nitrogens with zero attached hydrogens (tertiary/aromatic N) is 1. The highest BCUT2D eigenvalue weighted by Gasteiger charge is 2.16. The van der Waals surface area contributed by atoms with Crippen LogP contribution in [0, 0.1) is 0 Å². The van der Waals surface area contributed by atoms with Crippen LogP contribution in [0.2, 0.25) is 0 Å². The molecule has 0 saturated carbocycles. The van der Waals surface area contributed by atoms with Crippen molar-refractivity contribution >= 4 is 5.69 Å². The summed E-state index contributed by atoms with van der Waals surface area (Å²) in [6, 6.07) is 8.53. The van der Waals surface area contributed by atoms with E-state index in [1.807, 2.05) is 0 Å². The Balaban J connectivity index is 1.66. The summed E-state index contributed by atoms with van der Waals surface area (Å²) in [5.41, 5.74) is 1.30. The Kier molecular flexibility index (Phi) is 3.69. The molecule has 2 fully saturated rings. The molecule has 2 aliphatic rings. The Morgan fingerprint density at radius 1 is 1.11 bits per heavy atom. The van der Waals surface area contributed by atoms with Gasteiger partial charge in [0.25, 0.3) is 0 Å². The second-order valence-corrected chi connectivity index (χ2v) is 5.12. The van der Waals surface area contributed by atoms with Crippen LogP contribution in [-0.4, -0.2) is 32.4 Å². The first-order valence-corrected chi connectivity index (χ1v) is 7.01. The van der Waals surface area contributed by atoms with Gasteiger partial charge in [-0.3, -0.25) is 0 Å². The van der Waals surface area contributed by atoms with Crippen LogP contribution in [0.1, 0.15) is 25.7 Å². The standard InChI is InChI=1S/C15H21NO2/c1-2-9-16(8-1)13-4-3-5-15(12-13)18-14-6-10-17-11-7-14/h3-5,12,14H,1-2,6-11H2. The van der Waals surface area contributed by atoms with Gasteiger partial charge in [-0.05, 0) is 25.0 Å². The fraction of sp³-hybridized carbons (Fsp3) is 0.600. The lowest BCUT2D eigenvalue weighted by atomic mass is 10.1. The Labute approximate surface area is 109 Å². The molecule has 3 heteroatoms. The molecule has 2 aliphatic heterocycles. The number of benzene rings is 1. The maximum Gasteiger partial charge on any atom is 0.121 e. The molecule has 0 unspecified atom stereocenters. The van der Waals surface area contributed by atoms with Crippen LogP contribution in [0.3, 0.4) is 0 Å². The second-order valence-electron chi connectivity index (χ2n) is 5.12. The van der Waals surface area contributed by atoms with Crippen LogP contribution in [0.15, 0.2) is 24.3 Å². The highest BCUT2D eigenvalue weighted by molar-refractivity contribution is 5.51. The molecule has 0 bridgehead atoms. The first kappa shape index (κ1) is 11.8. The Bertz CT molecular complexity index is 382. The minimum absolute atomic E-state index is 0.326. The molecule has 3 nitrogen and oxygen atoms in total. The first-order valence-electron chi connectivity index (χ1n) is 7.01. The van der Waals surface area contributed by atoms with Crippen LogP contribution in [-0.2, 0) is 4.74 Å². The smallest absolute Gasteiger partial charge is 0.121 e. The van der Waals surface area contributed by atoms with Gasteiger partial charge in [-0.25, -0.2) is 0 Å². The zero-order valence-electron chi connectivity index (χ0n) is 10.8. The van der Waals surface area contributed by atoms with Crippen molar-refractivity contribution in [3.8, 4) is 5.75 Å². The lowest BCUT2D eigenvalue weighted by Crippen LogP contribution is -2.26. The molecule has 2 saturated heterocycles. The molecule has 3 rings (SSSR count). The van der Waals surface area contributed by atoms with Crippen molar-refractivity contribution < 1.29 is 9.47 Å². The molecule has 0 spiro atoms. The van der Waals surface area contributed by atoms with Crippen LogP contribution in [0.4, 0.5) is 5.69 Å². The summed E-state index contributed by atoms with van der Waals surface area (Å²) >= 11 is 0. The van der Waals surface area contributed by atoms with Crippen molar-refractivity contribution in [1.82, 2.24) is 0 Å². The van der Waals surface area contributed by atoms with Crippen LogP contribution in [0.5, 0.6) is 5.75 Å². The molecule has 1 aromatic rings. The number of hydrogen-bond acceptors (Lipinski definition) is 3. The Hall–Kier alpha value is -1.22. The highest BCUT2D eigenvalue weighted by Crippen LogP contribution is 2.26. The molecule has 0 aromatic heterocycles. The minimum atomic E-state index is 0.326. The van der Waals surface area contributed by atoms with Gasteiger partial charge in [0.15, 0.2) is 0 Å². The number of rotatable bonds is 3. The maximum atomic E-state index is 6.05. The Morgan fingerprint density at radius 2 is 1.89 bits per heavy atom. The summed E-state index contributed by atoms with van der Waals surface area (Å²) in [7, 11) is 0. The summed E-state index contributed by atoms with van der Waals surface area (Å²) in [5.74, 6) is 1.01. The molecule has 98 valence electrons. The molecule has 0 N–H and O–H groups in total. The van der Waals surface area contributed by atoms with E-state index in [1.54, 1.807) is 0 Å². The molecular weight excluding hydrogens is 226 g/mol. The van der Waals surface area contributed by atoms with Gasteiger partial charge < -0.3 is 14.4 Å². The van der Waals surface area contributed by atoms with Crippen molar-refractivity contribution in [3.05, 3.63) is 24.3 Å². The Morgan fingerprint density at radius 3 is 2.67 bits per heavy atom. The van der Waals surface area contributed by atoms with E-state index in [0.29, 0.717) is 6.10 Å². The second kappa shape index (κ2) is 5.61. The molecule has 0 amide bonds. The maximum absolute atomic E-state index is 6.05. The average molecular weight is 247 g/mol. The topological polar surface area (TPSA) is 21.7 Å². The predicted octanol–water partition coefficient (Wildman–Crippen LogP) is 2.84. The zero-order valence-corrected chi connectivity index (χ0v) is 10.8. The van der Waals surface area contributed by atoms with Gasteiger partial charge in [-0.1, -0.05) is 6.07 Å². The molecule has 0 radical (unpaired) electrons. The summed E-state index contributed by atoms with van der Waals surface area (Å²) in [6.07, 6.45) is 4.96. The van der Waals surface area contributed by atoms with Crippen LogP contribution >= 0.6 is 0 Å². The normalized spacial score (nSPS) is 21.2.